The van der Waals surface area contributed by atoms with E-state index in [0.717, 1.165) is 18.8 Å². The summed E-state index contributed by atoms with van der Waals surface area (Å²) in [6, 6.07) is 2.06. The Balaban J connectivity index is 2.29. The first-order chi connectivity index (χ1) is 7.53. The van der Waals surface area contributed by atoms with Gasteiger partial charge in [0.15, 0.2) is 0 Å². The highest BCUT2D eigenvalue weighted by Gasteiger charge is 2.36. The Bertz CT molecular complexity index is 375. The minimum absolute atomic E-state index is 0.149. The lowest BCUT2D eigenvalue weighted by Gasteiger charge is -2.41. The number of nitrogens with zero attached hydrogens (tertiary/aromatic N) is 1. The van der Waals surface area contributed by atoms with Crippen molar-refractivity contribution in [3.63, 3.8) is 0 Å². The van der Waals surface area contributed by atoms with E-state index in [1.807, 2.05) is 12.4 Å². The van der Waals surface area contributed by atoms with E-state index in [4.69, 9.17) is 5.73 Å². The van der Waals surface area contributed by atoms with Crippen molar-refractivity contribution >= 4 is 0 Å². The lowest BCUT2D eigenvalue weighted by atomic mass is 9.68. The van der Waals surface area contributed by atoms with E-state index < -0.39 is 0 Å². The van der Waals surface area contributed by atoms with Crippen molar-refractivity contribution in [3.05, 3.63) is 29.6 Å². The van der Waals surface area contributed by atoms with Gasteiger partial charge in [0.2, 0.25) is 0 Å². The molecule has 2 rings (SSSR count). The molecule has 1 fully saturated rings. The number of pyridine rings is 1. The lowest BCUT2D eigenvalue weighted by molar-refractivity contribution is 0.176. The maximum absolute atomic E-state index is 6.59. The second-order valence-corrected chi connectivity index (χ2v) is 5.54. The minimum Gasteiger partial charge on any atom is -0.321 e. The second kappa shape index (κ2) is 4.17. The Labute approximate surface area is 98.3 Å². The number of aryl methyl sites for hydroxylation is 1. The van der Waals surface area contributed by atoms with Crippen molar-refractivity contribution in [1.82, 2.24) is 4.98 Å². The lowest BCUT2D eigenvalue weighted by Crippen LogP contribution is -2.43. The highest BCUT2D eigenvalue weighted by atomic mass is 14.8. The summed E-state index contributed by atoms with van der Waals surface area (Å²) in [7, 11) is 0. The Kier molecular flexibility index (Phi) is 3.02. The molecule has 3 atom stereocenters. The summed E-state index contributed by atoms with van der Waals surface area (Å²) in [5, 5.41) is 0. The average molecular weight is 218 g/mol. The average Bonchev–Trinajstić information content (AvgIpc) is 2.25. The third-order valence-electron chi connectivity index (χ3n) is 4.28. The number of nitrogens with two attached hydrogens (primary N) is 1. The fourth-order valence-electron chi connectivity index (χ4n) is 2.88. The van der Waals surface area contributed by atoms with Crippen LogP contribution in [0.25, 0.3) is 0 Å². The summed E-state index contributed by atoms with van der Waals surface area (Å²) in [6.45, 7) is 6.78. The SMILES string of the molecule is Cc1ccncc1C1(N)CCC(C)C(C)C1. The predicted octanol–water partition coefficient (Wildman–Crippen LogP) is 3.00. The van der Waals surface area contributed by atoms with Gasteiger partial charge in [-0.25, -0.2) is 0 Å². The van der Waals surface area contributed by atoms with E-state index in [2.05, 4.69) is 31.8 Å². The molecule has 0 spiro atoms. The van der Waals surface area contributed by atoms with Gasteiger partial charge in [-0.15, -0.1) is 0 Å². The molecule has 0 aliphatic heterocycles. The molecule has 0 amide bonds. The quantitative estimate of drug-likeness (QED) is 0.787. The standard InChI is InChI=1S/C14H22N2/c1-10-4-6-14(15,8-12(10)3)13-9-16-7-5-11(13)2/h5,7,9-10,12H,4,6,8,15H2,1-3H3. The molecule has 0 saturated heterocycles. The van der Waals surface area contributed by atoms with Crippen molar-refractivity contribution < 1.29 is 0 Å². The summed E-state index contributed by atoms with van der Waals surface area (Å²) in [5.41, 5.74) is 8.97. The van der Waals surface area contributed by atoms with Crippen LogP contribution in [0.1, 0.15) is 44.2 Å². The van der Waals surface area contributed by atoms with E-state index in [1.54, 1.807) is 0 Å². The van der Waals surface area contributed by atoms with Gasteiger partial charge in [0, 0.05) is 17.9 Å². The van der Waals surface area contributed by atoms with Crippen molar-refractivity contribution in [1.29, 1.82) is 0 Å². The molecule has 1 aliphatic rings. The summed E-state index contributed by atoms with van der Waals surface area (Å²) in [6.07, 6.45) is 7.20. The molecule has 0 aromatic carbocycles. The van der Waals surface area contributed by atoms with E-state index in [-0.39, 0.29) is 5.54 Å². The minimum atomic E-state index is -0.149. The molecule has 1 heterocycles. The van der Waals surface area contributed by atoms with Gasteiger partial charge in [-0.05, 0) is 55.2 Å². The molecule has 1 saturated carbocycles. The fraction of sp³-hybridized carbons (Fsp3) is 0.643. The van der Waals surface area contributed by atoms with Crippen molar-refractivity contribution in [2.24, 2.45) is 17.6 Å². The zero-order chi connectivity index (χ0) is 11.8. The molecule has 2 nitrogen and oxygen atoms in total. The maximum atomic E-state index is 6.59. The molecule has 1 aromatic heterocycles. The molecule has 2 heteroatoms. The Morgan fingerprint density at radius 2 is 2.12 bits per heavy atom. The van der Waals surface area contributed by atoms with E-state index in [1.165, 1.54) is 17.5 Å². The van der Waals surface area contributed by atoms with Gasteiger partial charge in [-0.1, -0.05) is 13.8 Å². The van der Waals surface area contributed by atoms with Gasteiger partial charge in [0.05, 0.1) is 0 Å². The zero-order valence-corrected chi connectivity index (χ0v) is 10.5. The van der Waals surface area contributed by atoms with Crippen molar-refractivity contribution in [2.75, 3.05) is 0 Å². The summed E-state index contributed by atoms with van der Waals surface area (Å²) in [4.78, 5) is 4.23. The smallest absolute Gasteiger partial charge is 0.0430 e. The van der Waals surface area contributed by atoms with Gasteiger partial charge in [0.1, 0.15) is 0 Å². The van der Waals surface area contributed by atoms with Gasteiger partial charge < -0.3 is 5.73 Å². The largest absolute Gasteiger partial charge is 0.321 e. The summed E-state index contributed by atoms with van der Waals surface area (Å²) < 4.78 is 0. The molecular formula is C14H22N2. The number of rotatable bonds is 1. The van der Waals surface area contributed by atoms with Crippen molar-refractivity contribution in [2.45, 2.75) is 45.6 Å². The third kappa shape index (κ3) is 1.99. The molecule has 16 heavy (non-hydrogen) atoms. The first-order valence-corrected chi connectivity index (χ1v) is 6.23. The molecule has 1 aromatic rings. The van der Waals surface area contributed by atoms with Crippen LogP contribution in [0.2, 0.25) is 0 Å². The van der Waals surface area contributed by atoms with Crippen LogP contribution in [-0.4, -0.2) is 4.98 Å². The molecule has 3 unspecified atom stereocenters. The Morgan fingerprint density at radius 1 is 1.38 bits per heavy atom. The van der Waals surface area contributed by atoms with Crippen LogP contribution >= 0.6 is 0 Å². The highest BCUT2D eigenvalue weighted by Crippen LogP contribution is 2.41. The van der Waals surface area contributed by atoms with Gasteiger partial charge in [-0.2, -0.15) is 0 Å². The number of aromatic nitrogens is 1. The predicted molar refractivity (Wildman–Crippen MR) is 67.0 cm³/mol. The van der Waals surface area contributed by atoms with Crippen LogP contribution in [0.4, 0.5) is 0 Å². The van der Waals surface area contributed by atoms with Gasteiger partial charge in [0.25, 0.3) is 0 Å². The topological polar surface area (TPSA) is 38.9 Å². The zero-order valence-electron chi connectivity index (χ0n) is 10.5. The summed E-state index contributed by atoms with van der Waals surface area (Å²) in [5.74, 6) is 1.51. The van der Waals surface area contributed by atoms with Crippen LogP contribution in [0.5, 0.6) is 0 Å². The maximum Gasteiger partial charge on any atom is 0.0430 e. The molecule has 2 N–H and O–H groups in total. The molecule has 88 valence electrons. The molecule has 0 bridgehead atoms. The monoisotopic (exact) mass is 218 g/mol. The molecule has 0 radical (unpaired) electrons. The van der Waals surface area contributed by atoms with Crippen LogP contribution in [0.3, 0.4) is 0 Å². The van der Waals surface area contributed by atoms with Gasteiger partial charge in [-0.3, -0.25) is 4.98 Å². The van der Waals surface area contributed by atoms with Crippen LogP contribution < -0.4 is 5.73 Å². The Hall–Kier alpha value is -0.890. The first-order valence-electron chi connectivity index (χ1n) is 6.23. The molecule has 1 aliphatic carbocycles. The highest BCUT2D eigenvalue weighted by molar-refractivity contribution is 5.30. The molecular weight excluding hydrogens is 196 g/mol. The third-order valence-corrected chi connectivity index (χ3v) is 4.28. The van der Waals surface area contributed by atoms with E-state index in [0.29, 0.717) is 5.92 Å². The van der Waals surface area contributed by atoms with E-state index in [9.17, 15) is 0 Å². The fourth-order valence-corrected chi connectivity index (χ4v) is 2.88. The van der Waals surface area contributed by atoms with Crippen LogP contribution in [-0.2, 0) is 5.54 Å². The second-order valence-electron chi connectivity index (χ2n) is 5.54. The van der Waals surface area contributed by atoms with E-state index >= 15 is 0 Å². The summed E-state index contributed by atoms with van der Waals surface area (Å²) >= 11 is 0. The number of hydrogen-bond acceptors (Lipinski definition) is 2. The van der Waals surface area contributed by atoms with Crippen molar-refractivity contribution in [3.8, 4) is 0 Å². The first kappa shape index (κ1) is 11.6. The number of hydrogen-bond donors (Lipinski definition) is 1. The van der Waals surface area contributed by atoms with Crippen LogP contribution in [0.15, 0.2) is 18.5 Å². The Morgan fingerprint density at radius 3 is 2.75 bits per heavy atom. The van der Waals surface area contributed by atoms with Crippen LogP contribution in [0, 0.1) is 18.8 Å². The normalized spacial score (nSPS) is 35.0. The van der Waals surface area contributed by atoms with Gasteiger partial charge >= 0.3 is 0 Å².